The average Bonchev–Trinajstić information content (AvgIpc) is 2.48. The van der Waals surface area contributed by atoms with Gasteiger partial charge in [0.1, 0.15) is 5.57 Å². The van der Waals surface area contributed by atoms with E-state index in [0.29, 0.717) is 5.92 Å². The van der Waals surface area contributed by atoms with Crippen LogP contribution < -0.4 is 15.5 Å². The van der Waals surface area contributed by atoms with Crippen molar-refractivity contribution in [3.8, 4) is 0 Å². The van der Waals surface area contributed by atoms with Crippen molar-refractivity contribution in [1.82, 2.24) is 10.6 Å². The number of nitrogens with zero attached hydrogens (tertiary/aromatic N) is 1. The minimum absolute atomic E-state index is 0.0632. The van der Waals surface area contributed by atoms with Crippen molar-refractivity contribution in [2.24, 2.45) is 0 Å². The minimum atomic E-state index is -0.787. The molecular weight excluding hydrogens is 306 g/mol. The van der Waals surface area contributed by atoms with Gasteiger partial charge in [-0.1, -0.05) is 13.0 Å². The van der Waals surface area contributed by atoms with Crippen LogP contribution in [-0.2, 0) is 9.59 Å². The molecule has 0 bridgehead atoms. The van der Waals surface area contributed by atoms with Gasteiger partial charge in [-0.25, -0.2) is 4.79 Å². The number of anilines is 1. The molecule has 0 saturated carbocycles. The maximum absolute atomic E-state index is 11.8. The van der Waals surface area contributed by atoms with Crippen molar-refractivity contribution in [2.45, 2.75) is 38.6 Å². The molecule has 1 atom stereocenters. The first-order chi connectivity index (χ1) is 11.2. The van der Waals surface area contributed by atoms with E-state index in [1.54, 1.807) is 0 Å². The van der Waals surface area contributed by atoms with Crippen LogP contribution in [0.1, 0.15) is 44.2 Å². The molecule has 6 heteroatoms. The molecule has 1 aromatic rings. The molecule has 1 fully saturated rings. The lowest BCUT2D eigenvalue weighted by molar-refractivity contribution is -0.123. The van der Waals surface area contributed by atoms with Crippen LogP contribution in [0.2, 0.25) is 0 Å². The van der Waals surface area contributed by atoms with Gasteiger partial charge < -0.3 is 4.90 Å². The fraction of sp³-hybridized carbons (Fsp3) is 0.389. The summed E-state index contributed by atoms with van der Waals surface area (Å²) in [5.74, 6) is -0.972. The second-order valence-corrected chi connectivity index (χ2v) is 7.09. The van der Waals surface area contributed by atoms with Gasteiger partial charge in [-0.3, -0.25) is 20.2 Å². The Morgan fingerprint density at radius 1 is 1.17 bits per heavy atom. The Morgan fingerprint density at radius 3 is 2.42 bits per heavy atom. The summed E-state index contributed by atoms with van der Waals surface area (Å²) in [6, 6.07) is 5.12. The molecule has 2 N–H and O–H groups in total. The van der Waals surface area contributed by atoms with Gasteiger partial charge in [0, 0.05) is 18.3 Å². The zero-order valence-electron chi connectivity index (χ0n) is 14.3. The normalized spacial score (nSPS) is 22.7. The first-order valence-electron chi connectivity index (χ1n) is 7.95. The quantitative estimate of drug-likeness (QED) is 0.612. The Kier molecular flexibility index (Phi) is 3.70. The topological polar surface area (TPSA) is 78.5 Å². The van der Waals surface area contributed by atoms with Crippen LogP contribution in [0.3, 0.4) is 0 Å². The van der Waals surface area contributed by atoms with Crippen LogP contribution >= 0.6 is 0 Å². The Hall–Kier alpha value is -2.63. The molecule has 0 radical (unpaired) electrons. The predicted octanol–water partition coefficient (Wildman–Crippen LogP) is 2.16. The van der Waals surface area contributed by atoms with E-state index in [1.807, 2.05) is 18.2 Å². The van der Waals surface area contributed by atoms with E-state index in [4.69, 9.17) is 0 Å². The zero-order chi connectivity index (χ0) is 17.6. The maximum Gasteiger partial charge on any atom is 0.328 e. The molecule has 2 heterocycles. The number of fused-ring (bicyclic) bond motifs is 1. The number of carbonyl (C=O) groups excluding carboxylic acids is 3. The molecule has 0 spiro atoms. The zero-order valence-corrected chi connectivity index (χ0v) is 14.3. The lowest BCUT2D eigenvalue weighted by Crippen LogP contribution is -2.51. The van der Waals surface area contributed by atoms with E-state index in [9.17, 15) is 14.4 Å². The van der Waals surface area contributed by atoms with Crippen molar-refractivity contribution in [1.29, 1.82) is 0 Å². The molecule has 2 aliphatic rings. The molecular formula is C18H21N3O3. The fourth-order valence-corrected chi connectivity index (χ4v) is 3.46. The summed E-state index contributed by atoms with van der Waals surface area (Å²) in [5, 5.41) is 4.17. The molecule has 6 nitrogen and oxygen atoms in total. The standard InChI is InChI=1S/C18H21N3O3/c1-10-9-18(2,3)21(4)14-6-5-11(7-12(10)14)8-13-15(22)19-17(24)20-16(13)23/h5-8,10H,9H2,1-4H3,(H2,19,20,22,23,24). The number of imide groups is 2. The van der Waals surface area contributed by atoms with Crippen LogP contribution in [0.4, 0.5) is 10.5 Å². The molecule has 0 aliphatic carbocycles. The van der Waals surface area contributed by atoms with Crippen molar-refractivity contribution in [3.63, 3.8) is 0 Å². The van der Waals surface area contributed by atoms with Gasteiger partial charge in [-0.05, 0) is 55.5 Å². The van der Waals surface area contributed by atoms with E-state index < -0.39 is 17.8 Å². The summed E-state index contributed by atoms with van der Waals surface area (Å²) >= 11 is 0. The summed E-state index contributed by atoms with van der Waals surface area (Å²) in [6.45, 7) is 6.62. The molecule has 0 aromatic heterocycles. The number of hydrogen-bond donors (Lipinski definition) is 2. The Labute approximate surface area is 140 Å². The largest absolute Gasteiger partial charge is 0.369 e. The number of nitrogens with one attached hydrogen (secondary N) is 2. The third kappa shape index (κ3) is 2.68. The molecule has 1 saturated heterocycles. The molecule has 24 heavy (non-hydrogen) atoms. The fourth-order valence-electron chi connectivity index (χ4n) is 3.46. The number of hydrogen-bond acceptors (Lipinski definition) is 4. The van der Waals surface area contributed by atoms with Crippen molar-refractivity contribution < 1.29 is 14.4 Å². The summed E-state index contributed by atoms with van der Waals surface area (Å²) in [7, 11) is 2.08. The molecule has 3 rings (SSSR count). The second kappa shape index (κ2) is 5.47. The van der Waals surface area contributed by atoms with Gasteiger partial charge in [-0.15, -0.1) is 0 Å². The SMILES string of the molecule is CC1CC(C)(C)N(C)c2ccc(C=C3C(=O)NC(=O)NC3=O)cc21. The van der Waals surface area contributed by atoms with Gasteiger partial charge in [0.15, 0.2) is 0 Å². The smallest absolute Gasteiger partial charge is 0.328 e. The van der Waals surface area contributed by atoms with Crippen LogP contribution in [0, 0.1) is 0 Å². The molecule has 4 amide bonds. The minimum Gasteiger partial charge on any atom is -0.369 e. The van der Waals surface area contributed by atoms with Crippen LogP contribution in [0.15, 0.2) is 23.8 Å². The third-order valence-electron chi connectivity index (χ3n) is 4.91. The number of benzene rings is 1. The Morgan fingerprint density at radius 2 is 1.79 bits per heavy atom. The average molecular weight is 327 g/mol. The van der Waals surface area contributed by atoms with E-state index in [2.05, 4.69) is 43.4 Å². The number of barbiturate groups is 1. The van der Waals surface area contributed by atoms with Crippen LogP contribution in [-0.4, -0.2) is 30.4 Å². The van der Waals surface area contributed by atoms with Crippen LogP contribution in [0.25, 0.3) is 6.08 Å². The predicted molar refractivity (Wildman–Crippen MR) is 91.6 cm³/mol. The highest BCUT2D eigenvalue weighted by Crippen LogP contribution is 2.42. The van der Waals surface area contributed by atoms with Gasteiger partial charge in [0.05, 0.1) is 0 Å². The van der Waals surface area contributed by atoms with E-state index in [0.717, 1.165) is 17.7 Å². The maximum atomic E-state index is 11.8. The van der Waals surface area contributed by atoms with Crippen molar-refractivity contribution >= 4 is 29.6 Å². The number of carbonyl (C=O) groups is 3. The van der Waals surface area contributed by atoms with E-state index in [-0.39, 0.29) is 11.1 Å². The third-order valence-corrected chi connectivity index (χ3v) is 4.91. The highest BCUT2D eigenvalue weighted by molar-refractivity contribution is 6.31. The van der Waals surface area contributed by atoms with Crippen LogP contribution in [0.5, 0.6) is 0 Å². The highest BCUT2D eigenvalue weighted by Gasteiger charge is 2.34. The van der Waals surface area contributed by atoms with E-state index >= 15 is 0 Å². The summed E-state index contributed by atoms with van der Waals surface area (Å²) < 4.78 is 0. The number of amides is 4. The van der Waals surface area contributed by atoms with Crippen molar-refractivity contribution in [2.75, 3.05) is 11.9 Å². The second-order valence-electron chi connectivity index (χ2n) is 7.09. The van der Waals surface area contributed by atoms with Gasteiger partial charge >= 0.3 is 6.03 Å². The lowest BCUT2D eigenvalue weighted by Gasteiger charge is -2.45. The monoisotopic (exact) mass is 327 g/mol. The van der Waals surface area contributed by atoms with Gasteiger partial charge in [0.25, 0.3) is 11.8 Å². The number of rotatable bonds is 1. The van der Waals surface area contributed by atoms with Gasteiger partial charge in [0.2, 0.25) is 0 Å². The van der Waals surface area contributed by atoms with Crippen molar-refractivity contribution in [3.05, 3.63) is 34.9 Å². The lowest BCUT2D eigenvalue weighted by atomic mass is 9.80. The molecule has 1 unspecified atom stereocenters. The molecule has 2 aliphatic heterocycles. The Bertz CT molecular complexity index is 758. The van der Waals surface area contributed by atoms with E-state index in [1.165, 1.54) is 11.6 Å². The summed E-state index contributed by atoms with van der Waals surface area (Å²) in [5.41, 5.74) is 3.14. The summed E-state index contributed by atoms with van der Waals surface area (Å²) in [6.07, 6.45) is 2.54. The first-order valence-corrected chi connectivity index (χ1v) is 7.95. The molecule has 1 aromatic carbocycles. The molecule has 126 valence electrons. The highest BCUT2D eigenvalue weighted by atomic mass is 16.2. The number of urea groups is 1. The van der Waals surface area contributed by atoms with Gasteiger partial charge in [-0.2, -0.15) is 0 Å². The summed E-state index contributed by atoms with van der Waals surface area (Å²) in [4.78, 5) is 37.1. The first kappa shape index (κ1) is 16.2. The Balaban J connectivity index is 1.99.